The Kier molecular flexibility index (Phi) is 9.82. The second-order valence-electron chi connectivity index (χ2n) is 6.83. The molecule has 0 amide bonds. The van der Waals surface area contributed by atoms with Crippen LogP contribution >= 0.6 is 24.0 Å². The van der Waals surface area contributed by atoms with Crippen molar-refractivity contribution in [1.29, 1.82) is 0 Å². The number of benzene rings is 1. The minimum absolute atomic E-state index is 0. The van der Waals surface area contributed by atoms with E-state index in [2.05, 4.69) is 25.5 Å². The van der Waals surface area contributed by atoms with E-state index in [4.69, 9.17) is 4.74 Å². The fourth-order valence-electron chi connectivity index (χ4n) is 3.12. The van der Waals surface area contributed by atoms with Gasteiger partial charge in [-0.25, -0.2) is 9.98 Å². The third kappa shape index (κ3) is 7.53. The molecule has 0 bridgehead atoms. The van der Waals surface area contributed by atoms with Crippen molar-refractivity contribution in [2.75, 3.05) is 37.7 Å². The zero-order valence-electron chi connectivity index (χ0n) is 17.3. The lowest BCUT2D eigenvalue weighted by Gasteiger charge is -2.29. The summed E-state index contributed by atoms with van der Waals surface area (Å²) in [6.45, 7) is 6.39. The van der Waals surface area contributed by atoms with Crippen molar-refractivity contribution in [1.82, 2.24) is 15.6 Å². The van der Waals surface area contributed by atoms with Gasteiger partial charge >= 0.3 is 6.18 Å². The molecular formula is C21H27F3IN5O. The smallest absolute Gasteiger partial charge is 0.378 e. The number of aliphatic imine (C=N–C) groups is 1. The quantitative estimate of drug-likeness (QED) is 0.326. The predicted molar refractivity (Wildman–Crippen MR) is 126 cm³/mol. The summed E-state index contributed by atoms with van der Waals surface area (Å²) in [7, 11) is 0. The third-order valence-electron chi connectivity index (χ3n) is 4.67. The highest BCUT2D eigenvalue weighted by Crippen LogP contribution is 2.29. The molecule has 31 heavy (non-hydrogen) atoms. The van der Waals surface area contributed by atoms with Gasteiger partial charge in [0.05, 0.1) is 25.3 Å². The Bertz CT molecular complexity index is 840. The Morgan fingerprint density at radius 2 is 1.84 bits per heavy atom. The molecule has 1 aliphatic rings. The number of halogens is 4. The Morgan fingerprint density at radius 1 is 1.13 bits per heavy atom. The molecular weight excluding hydrogens is 522 g/mol. The van der Waals surface area contributed by atoms with Crippen molar-refractivity contribution >= 4 is 35.8 Å². The molecule has 0 saturated carbocycles. The molecule has 1 aromatic carbocycles. The summed E-state index contributed by atoms with van der Waals surface area (Å²) in [5.74, 6) is 1.51. The largest absolute Gasteiger partial charge is 0.416 e. The van der Waals surface area contributed by atoms with Gasteiger partial charge in [-0.1, -0.05) is 18.2 Å². The van der Waals surface area contributed by atoms with E-state index in [0.717, 1.165) is 36.6 Å². The lowest BCUT2D eigenvalue weighted by atomic mass is 10.1. The summed E-state index contributed by atoms with van der Waals surface area (Å²) in [6.07, 6.45) is -2.56. The monoisotopic (exact) mass is 549 g/mol. The van der Waals surface area contributed by atoms with E-state index in [1.165, 1.54) is 12.1 Å². The average molecular weight is 549 g/mol. The normalized spacial score (nSPS) is 14.7. The van der Waals surface area contributed by atoms with Gasteiger partial charge in [0.25, 0.3) is 0 Å². The van der Waals surface area contributed by atoms with Gasteiger partial charge in [0.2, 0.25) is 0 Å². The molecule has 1 aromatic heterocycles. The van der Waals surface area contributed by atoms with E-state index < -0.39 is 11.7 Å². The lowest BCUT2D eigenvalue weighted by molar-refractivity contribution is -0.137. The number of nitrogens with one attached hydrogen (secondary N) is 2. The molecule has 2 aromatic rings. The maximum atomic E-state index is 12.7. The number of alkyl halides is 3. The van der Waals surface area contributed by atoms with Crippen LogP contribution in [0.15, 0.2) is 47.6 Å². The summed E-state index contributed by atoms with van der Waals surface area (Å²) in [4.78, 5) is 11.2. The maximum Gasteiger partial charge on any atom is 0.416 e. The fraction of sp³-hybridized carbons (Fsp3) is 0.429. The topological polar surface area (TPSA) is 61.8 Å². The molecule has 1 fully saturated rings. The van der Waals surface area contributed by atoms with Crippen LogP contribution in [0.2, 0.25) is 0 Å². The second-order valence-corrected chi connectivity index (χ2v) is 6.83. The zero-order valence-corrected chi connectivity index (χ0v) is 19.6. The summed E-state index contributed by atoms with van der Waals surface area (Å²) >= 11 is 0. The molecule has 0 unspecified atom stereocenters. The summed E-state index contributed by atoms with van der Waals surface area (Å²) in [5.41, 5.74) is 1.09. The van der Waals surface area contributed by atoms with Crippen molar-refractivity contribution in [2.24, 2.45) is 4.99 Å². The van der Waals surface area contributed by atoms with Crippen molar-refractivity contribution in [3.63, 3.8) is 0 Å². The van der Waals surface area contributed by atoms with E-state index in [1.807, 2.05) is 19.1 Å². The highest BCUT2D eigenvalue weighted by molar-refractivity contribution is 14.0. The minimum atomic E-state index is -4.33. The molecule has 0 spiro atoms. The third-order valence-corrected chi connectivity index (χ3v) is 4.67. The summed E-state index contributed by atoms with van der Waals surface area (Å²) < 4.78 is 43.5. The first-order chi connectivity index (χ1) is 14.5. The molecule has 1 aliphatic heterocycles. The molecule has 0 atom stereocenters. The number of morpholine rings is 1. The van der Waals surface area contributed by atoms with Gasteiger partial charge in [0.15, 0.2) is 5.96 Å². The van der Waals surface area contributed by atoms with E-state index in [9.17, 15) is 13.2 Å². The van der Waals surface area contributed by atoms with E-state index in [0.29, 0.717) is 37.8 Å². The number of rotatable bonds is 6. The Labute approximate surface area is 197 Å². The van der Waals surface area contributed by atoms with Crippen LogP contribution in [-0.2, 0) is 24.0 Å². The Morgan fingerprint density at radius 3 is 2.48 bits per heavy atom. The van der Waals surface area contributed by atoms with Crippen LogP contribution in [0.5, 0.6) is 0 Å². The van der Waals surface area contributed by atoms with Crippen molar-refractivity contribution in [3.05, 3.63) is 59.3 Å². The highest BCUT2D eigenvalue weighted by atomic mass is 127. The molecule has 0 aliphatic carbocycles. The highest BCUT2D eigenvalue weighted by Gasteiger charge is 2.29. The lowest BCUT2D eigenvalue weighted by Crippen LogP contribution is -2.39. The van der Waals surface area contributed by atoms with E-state index in [-0.39, 0.29) is 30.5 Å². The van der Waals surface area contributed by atoms with Gasteiger partial charge < -0.3 is 20.3 Å². The van der Waals surface area contributed by atoms with Gasteiger partial charge in [-0.2, -0.15) is 13.2 Å². The fourth-order valence-corrected chi connectivity index (χ4v) is 3.12. The number of nitrogens with zero attached hydrogens (tertiary/aromatic N) is 3. The van der Waals surface area contributed by atoms with Crippen molar-refractivity contribution < 1.29 is 17.9 Å². The SMILES string of the molecule is CCNC(=NCc1ccc(C(F)(F)F)cc1)NCc1cccnc1N1CCOCC1.I. The number of aromatic nitrogens is 1. The van der Waals surface area contributed by atoms with Crippen LogP contribution in [0, 0.1) is 0 Å². The first-order valence-electron chi connectivity index (χ1n) is 9.92. The second kappa shape index (κ2) is 12.1. The molecule has 2 heterocycles. The van der Waals surface area contributed by atoms with Crippen LogP contribution in [0.3, 0.4) is 0 Å². The van der Waals surface area contributed by atoms with Gasteiger partial charge in [0, 0.05) is 37.9 Å². The molecule has 2 N–H and O–H groups in total. The average Bonchev–Trinajstić information content (AvgIpc) is 2.76. The predicted octanol–water partition coefficient (Wildman–Crippen LogP) is 3.81. The first-order valence-corrected chi connectivity index (χ1v) is 9.92. The molecule has 1 saturated heterocycles. The maximum absolute atomic E-state index is 12.7. The summed E-state index contributed by atoms with van der Waals surface area (Å²) in [6, 6.07) is 8.98. The molecule has 3 rings (SSSR count). The number of anilines is 1. The van der Waals surface area contributed by atoms with Gasteiger partial charge in [-0.3, -0.25) is 0 Å². The number of pyridine rings is 1. The summed E-state index contributed by atoms with van der Waals surface area (Å²) in [5, 5.41) is 6.45. The molecule has 170 valence electrons. The molecule has 0 radical (unpaired) electrons. The number of hydrogen-bond acceptors (Lipinski definition) is 4. The van der Waals surface area contributed by atoms with Crippen LogP contribution in [0.4, 0.5) is 19.0 Å². The van der Waals surface area contributed by atoms with Crippen LogP contribution in [0.1, 0.15) is 23.6 Å². The van der Waals surface area contributed by atoms with Gasteiger partial charge in [0.1, 0.15) is 5.82 Å². The minimum Gasteiger partial charge on any atom is -0.378 e. The van der Waals surface area contributed by atoms with E-state index >= 15 is 0 Å². The molecule has 10 heteroatoms. The van der Waals surface area contributed by atoms with Crippen molar-refractivity contribution in [3.8, 4) is 0 Å². The van der Waals surface area contributed by atoms with Crippen molar-refractivity contribution in [2.45, 2.75) is 26.2 Å². The van der Waals surface area contributed by atoms with Crippen LogP contribution in [-0.4, -0.2) is 43.8 Å². The molecule has 6 nitrogen and oxygen atoms in total. The first kappa shape index (κ1) is 25.2. The van der Waals surface area contributed by atoms with Crippen LogP contribution < -0.4 is 15.5 Å². The van der Waals surface area contributed by atoms with Gasteiger partial charge in [-0.05, 0) is 30.7 Å². The number of ether oxygens (including phenoxy) is 1. The Hall–Kier alpha value is -2.08. The zero-order chi connectivity index (χ0) is 21.4. The van der Waals surface area contributed by atoms with Crippen LogP contribution in [0.25, 0.3) is 0 Å². The standard InChI is InChI=1S/C21H26F3N5O.HI/c1-2-25-20(27-14-16-5-7-18(8-6-16)21(22,23)24)28-15-17-4-3-9-26-19(17)29-10-12-30-13-11-29;/h3-9H,2,10-15H2,1H3,(H2,25,27,28);1H. The number of guanidine groups is 1. The number of hydrogen-bond donors (Lipinski definition) is 2. The van der Waals surface area contributed by atoms with Gasteiger partial charge in [-0.15, -0.1) is 24.0 Å². The Balaban J connectivity index is 0.00000341. The van der Waals surface area contributed by atoms with E-state index in [1.54, 1.807) is 6.20 Å².